The number of fused-ring (bicyclic) bond motifs is 2. The van der Waals surface area contributed by atoms with Gasteiger partial charge in [-0.25, -0.2) is 4.98 Å². The molecular weight excluding hydrogens is 216 g/mol. The van der Waals surface area contributed by atoms with E-state index < -0.39 is 0 Å². The van der Waals surface area contributed by atoms with E-state index in [0.717, 1.165) is 0 Å². The minimum absolute atomic E-state index is 0.337. The number of para-hydroxylation sites is 1. The number of hydrogen-bond acceptors (Lipinski definition) is 3. The van der Waals surface area contributed by atoms with Crippen molar-refractivity contribution in [2.24, 2.45) is 0 Å². The Kier molecular flexibility index (Phi) is 1.74. The SMILES string of the molecule is c1ccc2sc(C34CCCN3CC4)nc2c1. The zero-order chi connectivity index (χ0) is 10.6. The normalized spacial score (nSPS) is 29.2. The molecule has 1 unspecified atom stereocenters. The smallest absolute Gasteiger partial charge is 0.114 e. The van der Waals surface area contributed by atoms with Gasteiger partial charge in [-0.15, -0.1) is 11.3 Å². The quantitative estimate of drug-likeness (QED) is 0.748. The molecule has 2 saturated heterocycles. The van der Waals surface area contributed by atoms with Crippen molar-refractivity contribution in [3.63, 3.8) is 0 Å². The molecule has 1 aromatic heterocycles. The summed E-state index contributed by atoms with van der Waals surface area (Å²) < 4.78 is 1.34. The molecule has 0 bridgehead atoms. The van der Waals surface area contributed by atoms with Gasteiger partial charge in [0.1, 0.15) is 5.01 Å². The molecule has 0 aliphatic carbocycles. The highest BCUT2D eigenvalue weighted by Crippen LogP contribution is 2.50. The Labute approximate surface area is 98.9 Å². The Hall–Kier alpha value is -0.930. The van der Waals surface area contributed by atoms with Gasteiger partial charge < -0.3 is 0 Å². The molecule has 0 spiro atoms. The lowest BCUT2D eigenvalue weighted by Crippen LogP contribution is -2.52. The van der Waals surface area contributed by atoms with Crippen molar-refractivity contribution in [3.05, 3.63) is 29.3 Å². The van der Waals surface area contributed by atoms with E-state index in [1.165, 1.54) is 47.6 Å². The van der Waals surface area contributed by atoms with Gasteiger partial charge in [0.25, 0.3) is 0 Å². The van der Waals surface area contributed by atoms with Crippen LogP contribution in [0, 0.1) is 0 Å². The fourth-order valence-electron chi connectivity index (χ4n) is 3.13. The summed E-state index contributed by atoms with van der Waals surface area (Å²) >= 11 is 1.90. The van der Waals surface area contributed by atoms with Crippen LogP contribution in [0.1, 0.15) is 24.3 Å². The topological polar surface area (TPSA) is 16.1 Å². The van der Waals surface area contributed by atoms with Gasteiger partial charge in [-0.05, 0) is 37.9 Å². The lowest BCUT2D eigenvalue weighted by atomic mass is 9.86. The first kappa shape index (κ1) is 9.14. The van der Waals surface area contributed by atoms with E-state index in [1.807, 2.05) is 11.3 Å². The maximum Gasteiger partial charge on any atom is 0.114 e. The Morgan fingerprint density at radius 2 is 2.12 bits per heavy atom. The molecular formula is C13H14N2S. The standard InChI is InChI=1S/C13H14N2S/c1-2-5-11-10(4-1)14-12(16-11)13-6-3-8-15(13)9-7-13/h1-2,4-5H,3,6-9H2. The first-order valence-corrected chi connectivity index (χ1v) is 6.81. The molecule has 0 saturated carbocycles. The number of thiazole rings is 1. The monoisotopic (exact) mass is 230 g/mol. The molecule has 4 rings (SSSR count). The van der Waals surface area contributed by atoms with Gasteiger partial charge in [0.15, 0.2) is 0 Å². The van der Waals surface area contributed by atoms with Crippen LogP contribution in [0.2, 0.25) is 0 Å². The maximum absolute atomic E-state index is 4.85. The summed E-state index contributed by atoms with van der Waals surface area (Å²) in [6.07, 6.45) is 3.97. The van der Waals surface area contributed by atoms with Crippen LogP contribution in [0.15, 0.2) is 24.3 Å². The molecule has 2 aromatic rings. The number of hydrogen-bond donors (Lipinski definition) is 0. The molecule has 0 amide bonds. The Balaban J connectivity index is 1.87. The molecule has 3 heterocycles. The zero-order valence-electron chi connectivity index (χ0n) is 9.15. The summed E-state index contributed by atoms with van der Waals surface area (Å²) in [5.41, 5.74) is 1.51. The van der Waals surface area contributed by atoms with Crippen LogP contribution >= 0.6 is 11.3 Å². The van der Waals surface area contributed by atoms with Crippen LogP contribution in [0.3, 0.4) is 0 Å². The molecule has 1 atom stereocenters. The van der Waals surface area contributed by atoms with Crippen LogP contribution in [0.4, 0.5) is 0 Å². The predicted octanol–water partition coefficient (Wildman–Crippen LogP) is 2.99. The van der Waals surface area contributed by atoms with Crippen LogP contribution < -0.4 is 0 Å². The largest absolute Gasteiger partial charge is 0.291 e. The molecule has 2 nitrogen and oxygen atoms in total. The Morgan fingerprint density at radius 3 is 2.88 bits per heavy atom. The molecule has 1 aromatic carbocycles. The summed E-state index contributed by atoms with van der Waals surface area (Å²) in [5, 5.41) is 1.36. The molecule has 0 N–H and O–H groups in total. The maximum atomic E-state index is 4.85. The van der Waals surface area contributed by atoms with E-state index in [4.69, 9.17) is 4.98 Å². The number of rotatable bonds is 1. The van der Waals surface area contributed by atoms with Crippen molar-refractivity contribution in [2.45, 2.75) is 24.8 Å². The van der Waals surface area contributed by atoms with Crippen molar-refractivity contribution in [2.75, 3.05) is 13.1 Å². The van der Waals surface area contributed by atoms with Gasteiger partial charge >= 0.3 is 0 Å². The van der Waals surface area contributed by atoms with Gasteiger partial charge in [-0.2, -0.15) is 0 Å². The van der Waals surface area contributed by atoms with E-state index >= 15 is 0 Å². The van der Waals surface area contributed by atoms with E-state index in [9.17, 15) is 0 Å². The molecule has 2 fully saturated rings. The van der Waals surface area contributed by atoms with Gasteiger partial charge in [0, 0.05) is 6.54 Å². The van der Waals surface area contributed by atoms with Crippen molar-refractivity contribution in [3.8, 4) is 0 Å². The average Bonchev–Trinajstić information content (AvgIpc) is 2.81. The van der Waals surface area contributed by atoms with Crippen molar-refractivity contribution < 1.29 is 0 Å². The Bertz CT molecular complexity index is 515. The van der Waals surface area contributed by atoms with Gasteiger partial charge in [0.2, 0.25) is 0 Å². The van der Waals surface area contributed by atoms with Crippen LogP contribution in [0.25, 0.3) is 10.2 Å². The molecule has 0 radical (unpaired) electrons. The van der Waals surface area contributed by atoms with Gasteiger partial charge in [-0.1, -0.05) is 12.1 Å². The molecule has 82 valence electrons. The molecule has 2 aliphatic rings. The second-order valence-electron chi connectivity index (χ2n) is 4.86. The van der Waals surface area contributed by atoms with Gasteiger partial charge in [-0.3, -0.25) is 4.90 Å². The second kappa shape index (κ2) is 3.05. The third-order valence-electron chi connectivity index (χ3n) is 4.11. The third-order valence-corrected chi connectivity index (χ3v) is 5.34. The first-order valence-electron chi connectivity index (χ1n) is 6.00. The zero-order valence-corrected chi connectivity index (χ0v) is 9.96. The number of aromatic nitrogens is 1. The highest BCUT2D eigenvalue weighted by Gasteiger charge is 2.51. The highest BCUT2D eigenvalue weighted by atomic mass is 32.1. The Morgan fingerprint density at radius 1 is 1.19 bits per heavy atom. The third kappa shape index (κ3) is 1.03. The number of nitrogens with zero attached hydrogens (tertiary/aromatic N) is 2. The van der Waals surface area contributed by atoms with E-state index in [-0.39, 0.29) is 0 Å². The predicted molar refractivity (Wildman–Crippen MR) is 66.7 cm³/mol. The summed E-state index contributed by atoms with van der Waals surface area (Å²) in [7, 11) is 0. The highest BCUT2D eigenvalue weighted by molar-refractivity contribution is 7.18. The van der Waals surface area contributed by atoms with E-state index in [1.54, 1.807) is 0 Å². The van der Waals surface area contributed by atoms with Crippen molar-refractivity contribution in [1.29, 1.82) is 0 Å². The lowest BCUT2D eigenvalue weighted by Gasteiger charge is -2.46. The fraction of sp³-hybridized carbons (Fsp3) is 0.462. The minimum atomic E-state index is 0.337. The van der Waals surface area contributed by atoms with Crippen molar-refractivity contribution in [1.82, 2.24) is 9.88 Å². The number of benzene rings is 1. The summed E-state index contributed by atoms with van der Waals surface area (Å²) in [5.74, 6) is 0. The lowest BCUT2D eigenvalue weighted by molar-refractivity contribution is 0.0242. The second-order valence-corrected chi connectivity index (χ2v) is 5.89. The average molecular weight is 230 g/mol. The van der Waals surface area contributed by atoms with Crippen LogP contribution in [-0.4, -0.2) is 23.0 Å². The molecule has 16 heavy (non-hydrogen) atoms. The molecule has 2 aliphatic heterocycles. The van der Waals surface area contributed by atoms with E-state index in [2.05, 4.69) is 29.2 Å². The van der Waals surface area contributed by atoms with Crippen LogP contribution in [-0.2, 0) is 5.54 Å². The summed E-state index contributed by atoms with van der Waals surface area (Å²) in [6, 6.07) is 8.50. The van der Waals surface area contributed by atoms with Crippen molar-refractivity contribution >= 4 is 21.6 Å². The van der Waals surface area contributed by atoms with Gasteiger partial charge in [0.05, 0.1) is 15.8 Å². The minimum Gasteiger partial charge on any atom is -0.291 e. The van der Waals surface area contributed by atoms with E-state index in [0.29, 0.717) is 5.54 Å². The summed E-state index contributed by atoms with van der Waals surface area (Å²) in [4.78, 5) is 7.46. The first-order chi connectivity index (χ1) is 7.88. The fourth-order valence-corrected chi connectivity index (χ4v) is 4.37. The summed E-state index contributed by atoms with van der Waals surface area (Å²) in [6.45, 7) is 2.55. The molecule has 3 heteroatoms. The van der Waals surface area contributed by atoms with Crippen LogP contribution in [0.5, 0.6) is 0 Å².